The number of aromatic amines is 1. The number of hydrogen-bond acceptors (Lipinski definition) is 3. The number of carbonyl (C=O) groups excluding carboxylic acids is 1. The molecule has 18 heavy (non-hydrogen) atoms. The molecule has 1 fully saturated rings. The monoisotopic (exact) mass is 244 g/mol. The number of ketones is 1. The molecule has 3 rings (SSSR count). The molecular weight excluding hydrogens is 232 g/mol. The zero-order chi connectivity index (χ0) is 12.7. The Morgan fingerprint density at radius 2 is 2.22 bits per heavy atom. The molecule has 0 spiro atoms. The van der Waals surface area contributed by atoms with Gasteiger partial charge in [0, 0.05) is 24.2 Å². The molecule has 2 aromatic rings. The smallest absolute Gasteiger partial charge is 0.279 e. The number of fused-ring (bicyclic) bond motifs is 1. The van der Waals surface area contributed by atoms with Crippen molar-refractivity contribution in [2.45, 2.75) is 19.3 Å². The van der Waals surface area contributed by atoms with Crippen LogP contribution in [0.2, 0.25) is 0 Å². The number of Topliss-reactive ketones (excluding diaryl/α,β-unsaturated/α-hetero) is 1. The van der Waals surface area contributed by atoms with Gasteiger partial charge < -0.3 is 4.98 Å². The molecule has 1 saturated carbocycles. The second kappa shape index (κ2) is 3.94. The van der Waals surface area contributed by atoms with Crippen LogP contribution in [0.25, 0.3) is 10.9 Å². The van der Waals surface area contributed by atoms with Gasteiger partial charge in [-0.3, -0.25) is 14.9 Å². The minimum atomic E-state index is -0.440. The van der Waals surface area contributed by atoms with E-state index in [1.54, 1.807) is 18.3 Å². The maximum atomic E-state index is 12.1. The normalized spacial score (nSPS) is 14.9. The van der Waals surface area contributed by atoms with Gasteiger partial charge in [0.1, 0.15) is 0 Å². The molecule has 1 aliphatic carbocycles. The lowest BCUT2D eigenvalue weighted by atomic mass is 10.0. The van der Waals surface area contributed by atoms with Crippen LogP contribution in [0.3, 0.4) is 0 Å². The Morgan fingerprint density at radius 1 is 1.44 bits per heavy atom. The molecule has 1 aliphatic rings. The highest BCUT2D eigenvalue weighted by Crippen LogP contribution is 2.35. The Kier molecular flexibility index (Phi) is 2.40. The van der Waals surface area contributed by atoms with Crippen LogP contribution >= 0.6 is 0 Å². The van der Waals surface area contributed by atoms with Crippen molar-refractivity contribution in [3.63, 3.8) is 0 Å². The Hall–Kier alpha value is -2.17. The first-order valence-corrected chi connectivity index (χ1v) is 5.94. The molecule has 5 nitrogen and oxygen atoms in total. The van der Waals surface area contributed by atoms with Crippen molar-refractivity contribution in [2.75, 3.05) is 0 Å². The van der Waals surface area contributed by atoms with Crippen LogP contribution in [-0.2, 0) is 0 Å². The van der Waals surface area contributed by atoms with Gasteiger partial charge in [0.25, 0.3) is 5.69 Å². The number of carbonyl (C=O) groups is 1. The summed E-state index contributed by atoms with van der Waals surface area (Å²) in [6.07, 6.45) is 4.27. The lowest BCUT2D eigenvalue weighted by Gasteiger charge is -1.99. The second-order valence-corrected chi connectivity index (χ2v) is 4.73. The first kappa shape index (κ1) is 11.0. The topological polar surface area (TPSA) is 76.0 Å². The van der Waals surface area contributed by atoms with E-state index in [1.165, 1.54) is 6.07 Å². The summed E-state index contributed by atoms with van der Waals surface area (Å²) in [5.74, 6) is 0.475. The van der Waals surface area contributed by atoms with E-state index in [-0.39, 0.29) is 11.5 Å². The highest BCUT2D eigenvalue weighted by molar-refractivity contribution is 6.11. The molecule has 1 aromatic heterocycles. The Bertz CT molecular complexity index is 641. The summed E-state index contributed by atoms with van der Waals surface area (Å²) in [6, 6.07) is 4.80. The van der Waals surface area contributed by atoms with Gasteiger partial charge in [0.2, 0.25) is 0 Å². The number of nitrogens with one attached hydrogen (secondary N) is 1. The van der Waals surface area contributed by atoms with Crippen molar-refractivity contribution in [2.24, 2.45) is 5.92 Å². The van der Waals surface area contributed by atoms with Crippen LogP contribution in [0, 0.1) is 16.0 Å². The third-order valence-electron chi connectivity index (χ3n) is 3.35. The van der Waals surface area contributed by atoms with Crippen LogP contribution in [-0.4, -0.2) is 15.7 Å². The summed E-state index contributed by atoms with van der Waals surface area (Å²) in [5, 5.41) is 11.4. The molecule has 0 atom stereocenters. The average Bonchev–Trinajstić information content (AvgIpc) is 3.05. The van der Waals surface area contributed by atoms with Crippen LogP contribution in [0.15, 0.2) is 24.4 Å². The molecule has 92 valence electrons. The summed E-state index contributed by atoms with van der Waals surface area (Å²) in [7, 11) is 0. The van der Waals surface area contributed by atoms with Crippen molar-refractivity contribution in [3.8, 4) is 0 Å². The number of benzene rings is 1. The third-order valence-corrected chi connectivity index (χ3v) is 3.35. The highest BCUT2D eigenvalue weighted by atomic mass is 16.6. The highest BCUT2D eigenvalue weighted by Gasteiger charge is 2.27. The molecule has 0 bridgehead atoms. The fraction of sp³-hybridized carbons (Fsp3) is 0.308. The van der Waals surface area contributed by atoms with E-state index in [9.17, 15) is 14.9 Å². The molecule has 1 aromatic carbocycles. The van der Waals surface area contributed by atoms with Gasteiger partial charge in [-0.2, -0.15) is 0 Å². The van der Waals surface area contributed by atoms with Gasteiger partial charge in [0.05, 0.1) is 15.8 Å². The van der Waals surface area contributed by atoms with Crippen molar-refractivity contribution in [1.82, 2.24) is 4.98 Å². The summed E-state index contributed by atoms with van der Waals surface area (Å²) in [5.41, 5.74) is 1.08. The minimum absolute atomic E-state index is 0.00181. The van der Waals surface area contributed by atoms with E-state index in [0.717, 1.165) is 12.8 Å². The van der Waals surface area contributed by atoms with Crippen LogP contribution < -0.4 is 0 Å². The number of rotatable bonds is 4. The molecule has 0 saturated heterocycles. The zero-order valence-electron chi connectivity index (χ0n) is 9.68. The van der Waals surface area contributed by atoms with E-state index in [2.05, 4.69) is 4.98 Å². The second-order valence-electron chi connectivity index (χ2n) is 4.73. The van der Waals surface area contributed by atoms with E-state index >= 15 is 0 Å². The van der Waals surface area contributed by atoms with Gasteiger partial charge in [-0.1, -0.05) is 6.07 Å². The molecule has 0 amide bonds. The van der Waals surface area contributed by atoms with Crippen LogP contribution in [0.5, 0.6) is 0 Å². The van der Waals surface area contributed by atoms with E-state index in [4.69, 9.17) is 0 Å². The average molecular weight is 244 g/mol. The summed E-state index contributed by atoms with van der Waals surface area (Å²) in [6.45, 7) is 0. The summed E-state index contributed by atoms with van der Waals surface area (Å²) >= 11 is 0. The minimum Gasteiger partial charge on any atom is -0.360 e. The Labute approximate surface area is 103 Å². The predicted octanol–water partition coefficient (Wildman–Crippen LogP) is 3.06. The molecule has 0 radical (unpaired) electrons. The maximum absolute atomic E-state index is 12.1. The van der Waals surface area contributed by atoms with Gasteiger partial charge in [0.15, 0.2) is 5.78 Å². The van der Waals surface area contributed by atoms with Gasteiger partial charge in [-0.15, -0.1) is 0 Å². The number of nitro benzene ring substituents is 1. The summed E-state index contributed by atoms with van der Waals surface area (Å²) < 4.78 is 0. The quantitative estimate of drug-likeness (QED) is 0.510. The fourth-order valence-corrected chi connectivity index (χ4v) is 2.23. The lowest BCUT2D eigenvalue weighted by molar-refractivity contribution is -0.383. The molecule has 1 N–H and O–H groups in total. The van der Waals surface area contributed by atoms with Gasteiger partial charge in [-0.05, 0) is 24.8 Å². The van der Waals surface area contributed by atoms with E-state index < -0.39 is 4.92 Å². The lowest BCUT2D eigenvalue weighted by Crippen LogP contribution is -2.00. The van der Waals surface area contributed by atoms with Crippen LogP contribution in [0.4, 0.5) is 5.69 Å². The molecular formula is C13H12N2O3. The van der Waals surface area contributed by atoms with Gasteiger partial charge >= 0.3 is 0 Å². The van der Waals surface area contributed by atoms with E-state index in [0.29, 0.717) is 28.8 Å². The van der Waals surface area contributed by atoms with Crippen molar-refractivity contribution in [3.05, 3.63) is 40.1 Å². The first-order chi connectivity index (χ1) is 8.66. The standard InChI is InChI=1S/C13H12N2O3/c16-12(6-8-4-5-8)9-7-14-10-2-1-3-11(13(9)10)15(17)18/h1-3,7-8,14H,4-6H2. The molecule has 0 aliphatic heterocycles. The number of aromatic nitrogens is 1. The number of non-ortho nitro benzene ring substituents is 1. The zero-order valence-corrected chi connectivity index (χ0v) is 9.68. The van der Waals surface area contributed by atoms with Crippen molar-refractivity contribution in [1.29, 1.82) is 0 Å². The number of H-pyrrole nitrogens is 1. The number of nitrogens with zero attached hydrogens (tertiary/aromatic N) is 1. The molecule has 5 heteroatoms. The Balaban J connectivity index is 2.10. The third kappa shape index (κ3) is 1.77. The molecule has 0 unspecified atom stereocenters. The SMILES string of the molecule is O=C(CC1CC1)c1c[nH]c2cccc([N+](=O)[O-])c12. The summed E-state index contributed by atoms with van der Waals surface area (Å²) in [4.78, 5) is 25.6. The maximum Gasteiger partial charge on any atom is 0.279 e. The Morgan fingerprint density at radius 3 is 2.89 bits per heavy atom. The predicted molar refractivity (Wildman–Crippen MR) is 66.6 cm³/mol. The number of hydrogen-bond donors (Lipinski definition) is 1. The van der Waals surface area contributed by atoms with Crippen molar-refractivity contribution >= 4 is 22.4 Å². The largest absolute Gasteiger partial charge is 0.360 e. The van der Waals surface area contributed by atoms with E-state index in [1.807, 2.05) is 0 Å². The fourth-order valence-electron chi connectivity index (χ4n) is 2.23. The van der Waals surface area contributed by atoms with Crippen LogP contribution in [0.1, 0.15) is 29.6 Å². The number of nitro groups is 1. The van der Waals surface area contributed by atoms with Gasteiger partial charge in [-0.25, -0.2) is 0 Å². The van der Waals surface area contributed by atoms with Crippen molar-refractivity contribution < 1.29 is 9.72 Å². The molecule has 1 heterocycles. The first-order valence-electron chi connectivity index (χ1n) is 5.94.